The minimum Gasteiger partial charge on any atom is -0.444 e. The van der Waals surface area contributed by atoms with E-state index in [1.54, 1.807) is 6.08 Å². The van der Waals surface area contributed by atoms with E-state index in [9.17, 15) is 4.79 Å². The molecule has 0 saturated carbocycles. The molecule has 0 spiro atoms. The molecular weight excluding hydrogens is 256 g/mol. The average molecular weight is 280 g/mol. The molecule has 0 aliphatic carbocycles. The van der Waals surface area contributed by atoms with Crippen LogP contribution < -0.4 is 5.32 Å². The Morgan fingerprint density at radius 3 is 2.55 bits per heavy atom. The number of hydrogen-bond acceptors (Lipinski definition) is 3. The number of ether oxygens (including phenoxy) is 1. The van der Waals surface area contributed by atoms with Crippen molar-refractivity contribution >= 4 is 18.3 Å². The molecular formula is C14H24N4O2. The normalized spacial score (nSPS) is 17.1. The van der Waals surface area contributed by atoms with Crippen LogP contribution in [0.4, 0.5) is 4.79 Å². The zero-order valence-corrected chi connectivity index (χ0v) is 12.5. The van der Waals surface area contributed by atoms with Gasteiger partial charge in [-0.1, -0.05) is 12.7 Å². The number of nitrogens with zero attached hydrogens (tertiary/aromatic N) is 2. The van der Waals surface area contributed by atoms with Gasteiger partial charge >= 0.3 is 6.09 Å². The third-order valence-electron chi connectivity index (χ3n) is 2.82. The first-order valence-corrected chi connectivity index (χ1v) is 6.80. The van der Waals surface area contributed by atoms with Crippen molar-refractivity contribution in [3.63, 3.8) is 0 Å². The van der Waals surface area contributed by atoms with Crippen LogP contribution in [0.15, 0.2) is 17.6 Å². The summed E-state index contributed by atoms with van der Waals surface area (Å²) in [5.74, 6) is 0.237. The zero-order chi connectivity index (χ0) is 15.2. The number of alkyl carbamates (subject to hydrolysis) is 1. The van der Waals surface area contributed by atoms with Gasteiger partial charge in [-0.05, 0) is 33.6 Å². The van der Waals surface area contributed by atoms with Crippen molar-refractivity contribution < 1.29 is 9.53 Å². The topological polar surface area (TPSA) is 77.8 Å². The highest BCUT2D eigenvalue weighted by atomic mass is 16.6. The number of allylic oxidation sites excluding steroid dienone is 1. The van der Waals surface area contributed by atoms with E-state index in [-0.39, 0.29) is 18.1 Å². The third-order valence-corrected chi connectivity index (χ3v) is 2.82. The van der Waals surface area contributed by atoms with Crippen molar-refractivity contribution in [1.29, 1.82) is 5.41 Å². The third kappa shape index (κ3) is 5.86. The molecule has 6 nitrogen and oxygen atoms in total. The SMILES string of the molecule is C=C/C=N\C(=N)N1CCC(NC(=O)OC(C)(C)C)CC1. The van der Waals surface area contributed by atoms with Crippen molar-refractivity contribution in [1.82, 2.24) is 10.2 Å². The minimum absolute atomic E-state index is 0.0947. The monoisotopic (exact) mass is 280 g/mol. The molecule has 0 aromatic rings. The zero-order valence-electron chi connectivity index (χ0n) is 12.5. The number of aliphatic imine (C=N–C) groups is 1. The molecule has 1 aliphatic heterocycles. The molecule has 0 atom stereocenters. The molecule has 112 valence electrons. The molecule has 6 heteroatoms. The van der Waals surface area contributed by atoms with Crippen LogP contribution in [0.25, 0.3) is 0 Å². The first-order chi connectivity index (χ1) is 9.31. The highest BCUT2D eigenvalue weighted by Crippen LogP contribution is 2.12. The van der Waals surface area contributed by atoms with Gasteiger partial charge in [0.2, 0.25) is 5.96 Å². The van der Waals surface area contributed by atoms with Crippen LogP contribution in [0.2, 0.25) is 0 Å². The van der Waals surface area contributed by atoms with Crippen LogP contribution in [0, 0.1) is 5.41 Å². The molecule has 2 N–H and O–H groups in total. The maximum absolute atomic E-state index is 11.7. The van der Waals surface area contributed by atoms with Crippen molar-refractivity contribution in [2.24, 2.45) is 4.99 Å². The fourth-order valence-corrected chi connectivity index (χ4v) is 1.91. The summed E-state index contributed by atoms with van der Waals surface area (Å²) in [4.78, 5) is 17.5. The number of likely N-dealkylation sites (tertiary alicyclic amines) is 1. The van der Waals surface area contributed by atoms with E-state index in [4.69, 9.17) is 10.1 Å². The van der Waals surface area contributed by atoms with Gasteiger partial charge in [0.25, 0.3) is 0 Å². The van der Waals surface area contributed by atoms with E-state index in [1.165, 1.54) is 6.21 Å². The number of carbonyl (C=O) groups excluding carboxylic acids is 1. The number of carbonyl (C=O) groups is 1. The highest BCUT2D eigenvalue weighted by molar-refractivity contribution is 5.88. The summed E-state index contributed by atoms with van der Waals surface area (Å²) in [6.45, 7) is 10.5. The fourth-order valence-electron chi connectivity index (χ4n) is 1.91. The Labute approximate surface area is 120 Å². The van der Waals surface area contributed by atoms with Crippen LogP contribution in [0.5, 0.6) is 0 Å². The molecule has 1 aliphatic rings. The largest absolute Gasteiger partial charge is 0.444 e. The van der Waals surface area contributed by atoms with Crippen LogP contribution in [-0.2, 0) is 4.74 Å². The molecule has 0 aromatic carbocycles. The standard InChI is InChI=1S/C14H24N4O2/c1-5-8-16-12(15)18-9-6-11(7-10-18)17-13(19)20-14(2,3)4/h5,8,11,15H,1,6-7,9-10H2,2-4H3,(H,17,19)/b15-12?,16-8-. The van der Waals surface area contributed by atoms with Gasteiger partial charge in [-0.2, -0.15) is 0 Å². The van der Waals surface area contributed by atoms with Crippen molar-refractivity contribution in [3.05, 3.63) is 12.7 Å². The second kappa shape index (κ2) is 7.07. The first-order valence-electron chi connectivity index (χ1n) is 6.80. The molecule has 20 heavy (non-hydrogen) atoms. The Morgan fingerprint density at radius 2 is 2.05 bits per heavy atom. The number of hydrogen-bond donors (Lipinski definition) is 2. The summed E-state index contributed by atoms with van der Waals surface area (Å²) in [7, 11) is 0. The molecule has 1 amide bonds. The Morgan fingerprint density at radius 1 is 1.45 bits per heavy atom. The molecule has 1 rings (SSSR count). The molecule has 0 bridgehead atoms. The van der Waals surface area contributed by atoms with E-state index in [0.29, 0.717) is 13.1 Å². The maximum atomic E-state index is 11.7. The predicted molar refractivity (Wildman–Crippen MR) is 80.4 cm³/mol. The Hall–Kier alpha value is -1.85. The molecule has 1 fully saturated rings. The maximum Gasteiger partial charge on any atom is 0.407 e. The summed E-state index contributed by atoms with van der Waals surface area (Å²) >= 11 is 0. The van der Waals surface area contributed by atoms with E-state index < -0.39 is 5.60 Å². The summed E-state index contributed by atoms with van der Waals surface area (Å²) in [5.41, 5.74) is -0.480. The second-order valence-electron chi connectivity index (χ2n) is 5.75. The Kier molecular flexibility index (Phi) is 5.73. The van der Waals surface area contributed by atoms with Gasteiger partial charge in [0.05, 0.1) is 0 Å². The number of guanidine groups is 1. The summed E-state index contributed by atoms with van der Waals surface area (Å²) in [5, 5.41) is 10.6. The lowest BCUT2D eigenvalue weighted by molar-refractivity contribution is 0.0488. The van der Waals surface area contributed by atoms with Gasteiger partial charge in [0.1, 0.15) is 5.60 Å². The molecule has 0 aromatic heterocycles. The summed E-state index contributed by atoms with van der Waals surface area (Å²) in [6.07, 6.45) is 4.24. The first kappa shape index (κ1) is 16.2. The van der Waals surface area contributed by atoms with E-state index in [0.717, 1.165) is 12.8 Å². The van der Waals surface area contributed by atoms with Crippen molar-refractivity contribution in [2.45, 2.75) is 45.3 Å². The number of amides is 1. The molecule has 0 radical (unpaired) electrons. The number of rotatable bonds is 2. The average Bonchev–Trinajstić information content (AvgIpc) is 2.34. The summed E-state index contributed by atoms with van der Waals surface area (Å²) in [6, 6.07) is 0.0947. The van der Waals surface area contributed by atoms with Crippen molar-refractivity contribution in [2.75, 3.05) is 13.1 Å². The molecule has 0 unspecified atom stereocenters. The van der Waals surface area contributed by atoms with Crippen LogP contribution >= 0.6 is 0 Å². The van der Waals surface area contributed by atoms with Gasteiger partial charge in [-0.25, -0.2) is 9.79 Å². The Bertz CT molecular complexity index is 390. The lowest BCUT2D eigenvalue weighted by Gasteiger charge is -2.32. The van der Waals surface area contributed by atoms with Gasteiger partial charge < -0.3 is 15.0 Å². The second-order valence-corrected chi connectivity index (χ2v) is 5.75. The molecule has 1 heterocycles. The van der Waals surface area contributed by atoms with Crippen LogP contribution in [0.1, 0.15) is 33.6 Å². The summed E-state index contributed by atoms with van der Waals surface area (Å²) < 4.78 is 5.23. The fraction of sp³-hybridized carbons (Fsp3) is 0.643. The van der Waals surface area contributed by atoms with E-state index >= 15 is 0 Å². The highest BCUT2D eigenvalue weighted by Gasteiger charge is 2.24. The lowest BCUT2D eigenvalue weighted by Crippen LogP contribution is -2.47. The van der Waals surface area contributed by atoms with Gasteiger partial charge in [-0.3, -0.25) is 5.41 Å². The van der Waals surface area contributed by atoms with E-state index in [1.807, 2.05) is 25.7 Å². The van der Waals surface area contributed by atoms with Crippen LogP contribution in [0.3, 0.4) is 0 Å². The molecule has 1 saturated heterocycles. The lowest BCUT2D eigenvalue weighted by atomic mass is 10.1. The quantitative estimate of drug-likeness (QED) is 0.601. The predicted octanol–water partition coefficient (Wildman–Crippen LogP) is 2.17. The van der Waals surface area contributed by atoms with Gasteiger partial charge in [0.15, 0.2) is 0 Å². The van der Waals surface area contributed by atoms with E-state index in [2.05, 4.69) is 16.9 Å². The van der Waals surface area contributed by atoms with Crippen molar-refractivity contribution in [3.8, 4) is 0 Å². The van der Waals surface area contributed by atoms with Gasteiger partial charge in [0, 0.05) is 25.3 Å². The number of nitrogens with one attached hydrogen (secondary N) is 2. The van der Waals surface area contributed by atoms with Crippen LogP contribution in [-0.4, -0.2) is 47.9 Å². The smallest absolute Gasteiger partial charge is 0.407 e. The Balaban J connectivity index is 2.35. The van der Waals surface area contributed by atoms with Gasteiger partial charge in [-0.15, -0.1) is 0 Å². The minimum atomic E-state index is -0.480. The number of piperidine rings is 1.